The van der Waals surface area contributed by atoms with Crippen LogP contribution in [-0.4, -0.2) is 24.3 Å². The van der Waals surface area contributed by atoms with Crippen molar-refractivity contribution in [2.75, 3.05) is 13.2 Å². The van der Waals surface area contributed by atoms with E-state index in [2.05, 4.69) is 56.0 Å². The van der Waals surface area contributed by atoms with E-state index in [4.69, 9.17) is 9.84 Å². The molecule has 0 fully saturated rings. The molecule has 3 aromatic rings. The maximum Gasteiger partial charge on any atom is 0.330 e. The minimum Gasteiger partial charge on any atom is -0.462 e. The average molecular weight is 503 g/mol. The average Bonchev–Trinajstić information content (AvgIpc) is 2.92. The van der Waals surface area contributed by atoms with E-state index in [9.17, 15) is 4.79 Å². The molecule has 0 radical (unpaired) electrons. The molecule has 3 aromatic carbocycles. The van der Waals surface area contributed by atoms with Crippen LogP contribution in [0.15, 0.2) is 73.3 Å². The molecule has 0 saturated carbocycles. The fourth-order valence-corrected chi connectivity index (χ4v) is 4.56. The second-order valence-electron chi connectivity index (χ2n) is 9.51. The van der Waals surface area contributed by atoms with Gasteiger partial charge in [0.2, 0.25) is 0 Å². The van der Waals surface area contributed by atoms with Gasteiger partial charge in [-0.05, 0) is 83.5 Å². The Morgan fingerprint density at radius 1 is 0.811 bits per heavy atom. The van der Waals surface area contributed by atoms with Gasteiger partial charge in [-0.25, -0.2) is 9.18 Å². The Kier molecular flexibility index (Phi) is 11.6. The first kappa shape index (κ1) is 28.3. The first-order valence-corrected chi connectivity index (χ1v) is 13.4. The molecule has 3 nitrogen and oxygen atoms in total. The van der Waals surface area contributed by atoms with Gasteiger partial charge in [0.25, 0.3) is 0 Å². The summed E-state index contributed by atoms with van der Waals surface area (Å²) in [7, 11) is 0. The Hall–Kier alpha value is -3.24. The van der Waals surface area contributed by atoms with Gasteiger partial charge in [-0.2, -0.15) is 0 Å². The van der Waals surface area contributed by atoms with Gasteiger partial charge in [-0.3, -0.25) is 0 Å². The molecule has 0 atom stereocenters. The highest BCUT2D eigenvalue weighted by Gasteiger charge is 2.10. The molecule has 0 amide bonds. The lowest BCUT2D eigenvalue weighted by atomic mass is 9.94. The fraction of sp³-hybridized carbons (Fsp3) is 0.364. The van der Waals surface area contributed by atoms with Crippen molar-refractivity contribution in [3.8, 4) is 11.1 Å². The van der Waals surface area contributed by atoms with Crippen LogP contribution < -0.4 is 0 Å². The van der Waals surface area contributed by atoms with Crippen molar-refractivity contribution < 1.29 is 19.0 Å². The summed E-state index contributed by atoms with van der Waals surface area (Å²) in [5.41, 5.74) is 7.27. The van der Waals surface area contributed by atoms with Crippen molar-refractivity contribution >= 4 is 5.97 Å². The van der Waals surface area contributed by atoms with Gasteiger partial charge in [-0.15, -0.1) is 0 Å². The minimum atomic E-state index is -0.439. The molecular weight excluding hydrogens is 463 g/mol. The van der Waals surface area contributed by atoms with E-state index in [0.717, 1.165) is 46.7 Å². The highest BCUT2D eigenvalue weighted by Crippen LogP contribution is 2.25. The lowest BCUT2D eigenvalue weighted by Crippen LogP contribution is -2.07. The second kappa shape index (κ2) is 15.1. The number of aliphatic hydroxyl groups is 1. The first-order chi connectivity index (χ1) is 18.0. The summed E-state index contributed by atoms with van der Waals surface area (Å²) in [5.74, 6) is -0.628. The number of hydrogen-bond donors (Lipinski definition) is 1. The smallest absolute Gasteiger partial charge is 0.330 e. The molecule has 0 spiro atoms. The highest BCUT2D eigenvalue weighted by molar-refractivity contribution is 5.81. The predicted octanol–water partition coefficient (Wildman–Crippen LogP) is 7.21. The monoisotopic (exact) mass is 502 g/mol. The zero-order valence-corrected chi connectivity index (χ0v) is 22.0. The Balaban J connectivity index is 1.67. The molecule has 196 valence electrons. The van der Waals surface area contributed by atoms with Gasteiger partial charge >= 0.3 is 5.97 Å². The Morgan fingerprint density at radius 2 is 1.49 bits per heavy atom. The number of rotatable bonds is 15. The van der Waals surface area contributed by atoms with Crippen molar-refractivity contribution in [3.05, 3.63) is 107 Å². The highest BCUT2D eigenvalue weighted by atomic mass is 19.1. The zero-order chi connectivity index (χ0) is 26.5. The van der Waals surface area contributed by atoms with Gasteiger partial charge in [-0.1, -0.05) is 80.9 Å². The molecule has 0 aromatic heterocycles. The summed E-state index contributed by atoms with van der Waals surface area (Å²) in [4.78, 5) is 11.4. The van der Waals surface area contributed by atoms with Crippen LogP contribution in [0, 0.1) is 5.82 Å². The van der Waals surface area contributed by atoms with Crippen LogP contribution in [-0.2, 0) is 41.6 Å². The van der Waals surface area contributed by atoms with E-state index < -0.39 is 5.97 Å². The molecule has 0 bridgehead atoms. The van der Waals surface area contributed by atoms with Crippen LogP contribution in [0.2, 0.25) is 0 Å². The number of carbonyl (C=O) groups excluding carboxylic acids is 1. The third kappa shape index (κ3) is 8.98. The predicted molar refractivity (Wildman–Crippen MR) is 149 cm³/mol. The maximum atomic E-state index is 15.1. The van der Waals surface area contributed by atoms with Crippen molar-refractivity contribution in [3.63, 3.8) is 0 Å². The summed E-state index contributed by atoms with van der Waals surface area (Å²) in [6, 6.07) is 20.2. The Bertz CT molecular complexity index is 1150. The van der Waals surface area contributed by atoms with Crippen LogP contribution in [0.25, 0.3) is 11.1 Å². The minimum absolute atomic E-state index is 0.145. The van der Waals surface area contributed by atoms with Gasteiger partial charge in [0.05, 0.1) is 6.61 Å². The summed E-state index contributed by atoms with van der Waals surface area (Å²) < 4.78 is 20.3. The second-order valence-corrected chi connectivity index (χ2v) is 9.51. The van der Waals surface area contributed by atoms with E-state index >= 15 is 4.39 Å². The number of ether oxygens (including phenoxy) is 1. The summed E-state index contributed by atoms with van der Waals surface area (Å²) in [5, 5.41) is 9.16. The summed E-state index contributed by atoms with van der Waals surface area (Å²) in [6.45, 7) is 6.05. The Labute approximate surface area is 221 Å². The molecule has 0 aliphatic carbocycles. The summed E-state index contributed by atoms with van der Waals surface area (Å²) in [6.07, 6.45) is 9.24. The lowest BCUT2D eigenvalue weighted by Gasteiger charge is -2.13. The standard InChI is InChI=1S/C33H39FO3/c1-3-5-6-8-25-10-13-27(14-11-25)30-19-18-29(32(34)24-30)17-16-28-15-12-26(9-7-21-35)23-31(28)20-22-37-33(36)4-2/h4,10-15,18-19,23-24,35H,2-3,5-9,16-17,20-22H2,1H3. The molecule has 0 aliphatic heterocycles. The van der Waals surface area contributed by atoms with Gasteiger partial charge in [0.1, 0.15) is 5.82 Å². The fourth-order valence-electron chi connectivity index (χ4n) is 4.56. The normalized spacial score (nSPS) is 10.9. The quantitative estimate of drug-likeness (QED) is 0.136. The number of aliphatic hydroxyl groups excluding tert-OH is 1. The SMILES string of the molecule is C=CC(=O)OCCc1cc(CCCO)ccc1CCc1ccc(-c2ccc(CCCCC)cc2)cc1F. The van der Waals surface area contributed by atoms with Crippen LogP contribution in [0.1, 0.15) is 60.4 Å². The Morgan fingerprint density at radius 3 is 2.19 bits per heavy atom. The van der Waals surface area contributed by atoms with E-state index in [1.807, 2.05) is 12.1 Å². The number of aryl methyl sites for hydroxylation is 4. The van der Waals surface area contributed by atoms with E-state index in [1.54, 1.807) is 6.07 Å². The number of benzene rings is 3. The number of unbranched alkanes of at least 4 members (excludes halogenated alkanes) is 2. The molecule has 1 N–H and O–H groups in total. The summed E-state index contributed by atoms with van der Waals surface area (Å²) >= 11 is 0. The maximum absolute atomic E-state index is 15.1. The van der Waals surface area contributed by atoms with Gasteiger partial charge in [0.15, 0.2) is 0 Å². The van der Waals surface area contributed by atoms with Gasteiger partial charge < -0.3 is 9.84 Å². The molecule has 0 saturated heterocycles. The van der Waals surface area contributed by atoms with Crippen LogP contribution >= 0.6 is 0 Å². The van der Waals surface area contributed by atoms with Crippen LogP contribution in [0.5, 0.6) is 0 Å². The molecule has 3 rings (SSSR count). The molecule has 0 unspecified atom stereocenters. The van der Waals surface area contributed by atoms with Crippen molar-refractivity contribution in [2.45, 2.75) is 64.7 Å². The van der Waals surface area contributed by atoms with Gasteiger partial charge in [0, 0.05) is 19.1 Å². The number of esters is 1. The third-order valence-electron chi connectivity index (χ3n) is 6.75. The van der Waals surface area contributed by atoms with E-state index in [-0.39, 0.29) is 19.0 Å². The molecule has 37 heavy (non-hydrogen) atoms. The first-order valence-electron chi connectivity index (χ1n) is 13.4. The zero-order valence-electron chi connectivity index (χ0n) is 22.0. The number of hydrogen-bond acceptors (Lipinski definition) is 3. The largest absolute Gasteiger partial charge is 0.462 e. The van der Waals surface area contributed by atoms with Crippen molar-refractivity contribution in [2.24, 2.45) is 0 Å². The number of carbonyl (C=O) groups is 1. The lowest BCUT2D eigenvalue weighted by molar-refractivity contribution is -0.137. The van der Waals surface area contributed by atoms with Crippen LogP contribution in [0.4, 0.5) is 4.39 Å². The van der Waals surface area contributed by atoms with E-state index in [0.29, 0.717) is 31.2 Å². The molecule has 4 heteroatoms. The third-order valence-corrected chi connectivity index (χ3v) is 6.75. The molecule has 0 heterocycles. The molecular formula is C33H39FO3. The van der Waals surface area contributed by atoms with Crippen molar-refractivity contribution in [1.82, 2.24) is 0 Å². The van der Waals surface area contributed by atoms with Crippen LogP contribution in [0.3, 0.4) is 0 Å². The molecule has 0 aliphatic rings. The van der Waals surface area contributed by atoms with Crippen molar-refractivity contribution in [1.29, 1.82) is 0 Å². The number of halogens is 1. The topological polar surface area (TPSA) is 46.5 Å². The van der Waals surface area contributed by atoms with E-state index in [1.165, 1.54) is 24.8 Å².